The van der Waals surface area contributed by atoms with Gasteiger partial charge in [-0.05, 0) is 55.0 Å². The Morgan fingerprint density at radius 3 is 2.72 bits per heavy atom. The summed E-state index contributed by atoms with van der Waals surface area (Å²) in [5.41, 5.74) is 3.67. The number of methoxy groups -OCH3 is 1. The number of carbonyl (C=O) groups is 1. The van der Waals surface area contributed by atoms with Crippen molar-refractivity contribution in [3.8, 4) is 17.2 Å². The van der Waals surface area contributed by atoms with Crippen LogP contribution >= 0.6 is 23.2 Å². The predicted octanol–water partition coefficient (Wildman–Crippen LogP) is 6.37. The Hall–Kier alpha value is -3.02. The van der Waals surface area contributed by atoms with E-state index in [-0.39, 0.29) is 5.91 Å². The lowest BCUT2D eigenvalue weighted by Crippen LogP contribution is -2.14. The third-order valence-electron chi connectivity index (χ3n) is 4.47. The number of halogens is 2. The van der Waals surface area contributed by atoms with Crippen molar-refractivity contribution < 1.29 is 13.9 Å². The molecule has 0 aliphatic carbocycles. The van der Waals surface area contributed by atoms with E-state index in [1.807, 2.05) is 13.0 Å². The normalized spacial score (nSPS) is 10.9. The molecule has 1 N–H and O–H groups in total. The number of nitrogens with zero attached hydrogens (tertiary/aromatic N) is 1. The summed E-state index contributed by atoms with van der Waals surface area (Å²) >= 11 is 12.3. The fourth-order valence-electron chi connectivity index (χ4n) is 3.07. The number of para-hydroxylation sites is 1. The van der Waals surface area contributed by atoms with Gasteiger partial charge in [-0.2, -0.15) is 0 Å². The van der Waals surface area contributed by atoms with Gasteiger partial charge in [-0.25, -0.2) is 4.98 Å². The number of anilines is 1. The number of amides is 1. The summed E-state index contributed by atoms with van der Waals surface area (Å²) in [6.07, 6.45) is 0. The van der Waals surface area contributed by atoms with E-state index in [4.69, 9.17) is 32.4 Å². The van der Waals surface area contributed by atoms with Crippen molar-refractivity contribution >= 4 is 45.9 Å². The van der Waals surface area contributed by atoms with Gasteiger partial charge < -0.3 is 14.5 Å². The average molecular weight is 427 g/mol. The first kappa shape index (κ1) is 19.3. The molecule has 0 aliphatic heterocycles. The second-order valence-corrected chi connectivity index (χ2v) is 7.28. The van der Waals surface area contributed by atoms with Crippen molar-refractivity contribution in [1.82, 2.24) is 4.98 Å². The smallest absolute Gasteiger partial charge is 0.259 e. The number of aromatic nitrogens is 1. The summed E-state index contributed by atoms with van der Waals surface area (Å²) in [6.45, 7) is 1.88. The molecule has 1 aromatic heterocycles. The largest absolute Gasteiger partial charge is 0.496 e. The van der Waals surface area contributed by atoms with Gasteiger partial charge in [0.2, 0.25) is 5.89 Å². The minimum atomic E-state index is -0.325. The van der Waals surface area contributed by atoms with E-state index in [0.717, 1.165) is 5.56 Å². The molecule has 5 nitrogen and oxygen atoms in total. The molecule has 3 aromatic carbocycles. The number of nitrogens with one attached hydrogen (secondary N) is 1. The number of hydrogen-bond donors (Lipinski definition) is 1. The van der Waals surface area contributed by atoms with Crippen LogP contribution in [0.15, 0.2) is 59.0 Å². The first-order valence-electron chi connectivity index (χ1n) is 8.77. The van der Waals surface area contributed by atoms with Crippen LogP contribution in [0, 0.1) is 6.92 Å². The van der Waals surface area contributed by atoms with E-state index in [0.29, 0.717) is 49.6 Å². The predicted molar refractivity (Wildman–Crippen MR) is 115 cm³/mol. The molecule has 0 unspecified atom stereocenters. The summed E-state index contributed by atoms with van der Waals surface area (Å²) in [5, 5.41) is 3.81. The monoisotopic (exact) mass is 426 g/mol. The van der Waals surface area contributed by atoms with Gasteiger partial charge in [-0.3, -0.25) is 4.79 Å². The number of ether oxygens (including phenoxy) is 1. The van der Waals surface area contributed by atoms with E-state index >= 15 is 0 Å². The molecule has 0 aliphatic rings. The average Bonchev–Trinajstić information content (AvgIpc) is 3.12. The highest BCUT2D eigenvalue weighted by atomic mass is 35.5. The second-order valence-electron chi connectivity index (χ2n) is 6.44. The molecule has 1 amide bonds. The van der Waals surface area contributed by atoms with Crippen LogP contribution in [0.3, 0.4) is 0 Å². The van der Waals surface area contributed by atoms with Gasteiger partial charge in [0.05, 0.1) is 23.4 Å². The number of aryl methyl sites for hydroxylation is 1. The molecule has 4 rings (SSSR count). The third-order valence-corrected chi connectivity index (χ3v) is 5.04. The van der Waals surface area contributed by atoms with Crippen molar-refractivity contribution in [3.63, 3.8) is 0 Å². The Morgan fingerprint density at radius 2 is 1.93 bits per heavy atom. The first-order chi connectivity index (χ1) is 14.0. The topological polar surface area (TPSA) is 64.4 Å². The van der Waals surface area contributed by atoms with E-state index in [1.165, 1.54) is 7.11 Å². The number of hydrogen-bond acceptors (Lipinski definition) is 4. The van der Waals surface area contributed by atoms with Crippen LogP contribution in [-0.2, 0) is 0 Å². The highest BCUT2D eigenvalue weighted by Crippen LogP contribution is 2.32. The molecule has 146 valence electrons. The molecule has 0 bridgehead atoms. The zero-order chi connectivity index (χ0) is 20.5. The lowest BCUT2D eigenvalue weighted by molar-refractivity contribution is 0.102. The number of carbonyl (C=O) groups excluding carboxylic acids is 1. The lowest BCUT2D eigenvalue weighted by Gasteiger charge is -2.12. The van der Waals surface area contributed by atoms with Crippen LogP contribution in [0.1, 0.15) is 15.9 Å². The zero-order valence-corrected chi connectivity index (χ0v) is 17.1. The van der Waals surface area contributed by atoms with Crippen LogP contribution in [0.5, 0.6) is 5.75 Å². The van der Waals surface area contributed by atoms with E-state index in [2.05, 4.69) is 10.3 Å². The number of rotatable bonds is 4. The molecule has 0 saturated carbocycles. The maximum absolute atomic E-state index is 12.8. The highest BCUT2D eigenvalue weighted by Gasteiger charge is 2.17. The second kappa shape index (κ2) is 7.78. The maximum Gasteiger partial charge on any atom is 0.259 e. The fraction of sp³-hybridized carbons (Fsp3) is 0.0909. The number of oxazole rings is 1. The van der Waals surface area contributed by atoms with E-state index in [1.54, 1.807) is 48.5 Å². The molecule has 1 heterocycles. The SMILES string of the molecule is COc1c(C)cccc1C(=O)Nc1cc(-c2nc3cc(Cl)ccc3o2)ccc1Cl. The standard InChI is InChI=1S/C22H16Cl2N2O3/c1-12-4-3-5-15(20(12)28-2)21(27)25-17-10-13(6-8-16(17)24)22-26-18-11-14(23)7-9-19(18)29-22/h3-11H,1-2H3,(H,25,27). The summed E-state index contributed by atoms with van der Waals surface area (Å²) < 4.78 is 11.2. The van der Waals surface area contributed by atoms with Crippen LogP contribution in [0.2, 0.25) is 10.0 Å². The number of fused-ring (bicyclic) bond motifs is 1. The fourth-order valence-corrected chi connectivity index (χ4v) is 3.40. The van der Waals surface area contributed by atoms with Crippen molar-refractivity contribution in [1.29, 1.82) is 0 Å². The molecule has 0 spiro atoms. The molecular formula is C22H16Cl2N2O3. The molecule has 4 aromatic rings. The Balaban J connectivity index is 1.68. The summed E-state index contributed by atoms with van der Waals surface area (Å²) in [6, 6.07) is 15.8. The van der Waals surface area contributed by atoms with Crippen molar-refractivity contribution in [2.45, 2.75) is 6.92 Å². The Labute approximate surface area is 177 Å². The minimum Gasteiger partial charge on any atom is -0.496 e. The van der Waals surface area contributed by atoms with Gasteiger partial charge in [-0.1, -0.05) is 35.3 Å². The van der Waals surface area contributed by atoms with Gasteiger partial charge in [0.25, 0.3) is 5.91 Å². The van der Waals surface area contributed by atoms with Crippen LogP contribution in [-0.4, -0.2) is 18.0 Å². The number of benzene rings is 3. The summed E-state index contributed by atoms with van der Waals surface area (Å²) in [7, 11) is 1.53. The quantitative estimate of drug-likeness (QED) is 0.411. The summed E-state index contributed by atoms with van der Waals surface area (Å²) in [4.78, 5) is 17.3. The van der Waals surface area contributed by atoms with Crippen molar-refractivity contribution in [2.24, 2.45) is 0 Å². The summed E-state index contributed by atoms with van der Waals surface area (Å²) in [5.74, 6) is 0.602. The maximum atomic E-state index is 12.8. The molecule has 0 radical (unpaired) electrons. The van der Waals surface area contributed by atoms with Gasteiger partial charge in [0.1, 0.15) is 11.3 Å². The molecule has 29 heavy (non-hydrogen) atoms. The molecule has 0 saturated heterocycles. The van der Waals surface area contributed by atoms with Gasteiger partial charge in [-0.15, -0.1) is 0 Å². The van der Waals surface area contributed by atoms with Crippen LogP contribution in [0.25, 0.3) is 22.6 Å². The highest BCUT2D eigenvalue weighted by molar-refractivity contribution is 6.34. The van der Waals surface area contributed by atoms with Crippen LogP contribution in [0.4, 0.5) is 5.69 Å². The lowest BCUT2D eigenvalue weighted by atomic mass is 10.1. The Morgan fingerprint density at radius 1 is 1.10 bits per heavy atom. The molecule has 7 heteroatoms. The van der Waals surface area contributed by atoms with E-state index in [9.17, 15) is 4.79 Å². The van der Waals surface area contributed by atoms with Crippen LogP contribution < -0.4 is 10.1 Å². The van der Waals surface area contributed by atoms with Crippen molar-refractivity contribution in [3.05, 3.63) is 75.8 Å². The Bertz CT molecular complexity index is 1230. The molecule has 0 fully saturated rings. The van der Waals surface area contributed by atoms with Gasteiger partial charge in [0, 0.05) is 10.6 Å². The van der Waals surface area contributed by atoms with Gasteiger partial charge >= 0.3 is 0 Å². The zero-order valence-electron chi connectivity index (χ0n) is 15.6. The molecular weight excluding hydrogens is 411 g/mol. The van der Waals surface area contributed by atoms with Gasteiger partial charge in [0.15, 0.2) is 5.58 Å². The molecule has 0 atom stereocenters. The third kappa shape index (κ3) is 3.79. The van der Waals surface area contributed by atoms with Crippen molar-refractivity contribution in [2.75, 3.05) is 12.4 Å². The minimum absolute atomic E-state index is 0.325. The first-order valence-corrected chi connectivity index (χ1v) is 9.53. The Kier molecular flexibility index (Phi) is 5.18. The van der Waals surface area contributed by atoms with E-state index < -0.39 is 0 Å².